The second-order valence-electron chi connectivity index (χ2n) is 4.81. The number of rotatable bonds is 6. The molecule has 8 heteroatoms. The number of hydrogen-bond acceptors (Lipinski definition) is 3. The number of aliphatic hydroxyl groups is 1. The number of carbonyl (C=O) groups excluding carboxylic acids is 1. The molecule has 0 fully saturated rings. The highest BCUT2D eigenvalue weighted by Crippen LogP contribution is 2.38. The zero-order valence-electron chi connectivity index (χ0n) is 10.8. The fourth-order valence-corrected chi connectivity index (χ4v) is 1.93. The summed E-state index contributed by atoms with van der Waals surface area (Å²) in [4.78, 5) is 11.3. The van der Waals surface area contributed by atoms with Crippen LogP contribution < -0.4 is 0 Å². The molecule has 0 amide bonds. The Morgan fingerprint density at radius 3 is 2.11 bits per heavy atom. The number of alkyl halides is 5. The van der Waals surface area contributed by atoms with Gasteiger partial charge in [-0.05, 0) is 12.3 Å². The van der Waals surface area contributed by atoms with E-state index in [1.165, 1.54) is 13.8 Å². The first kappa shape index (κ1) is 18.8. The topological polar surface area (TPSA) is 46.5 Å². The predicted octanol–water partition coefficient (Wildman–Crippen LogP) is 3.10. The number of carbonyl (C=O) groups is 1. The Hall–Kier alpha value is -0.200. The maximum absolute atomic E-state index is 12.4. The quantitative estimate of drug-likeness (QED) is 0.603. The highest BCUT2D eigenvalue weighted by molar-refractivity contribution is 6.25. The van der Waals surface area contributed by atoms with Gasteiger partial charge in [-0.25, -0.2) is 0 Å². The molecule has 0 saturated heterocycles. The summed E-state index contributed by atoms with van der Waals surface area (Å²) in [5.74, 6) is -0.594. The lowest BCUT2D eigenvalue weighted by Gasteiger charge is -2.34. The molecule has 0 aliphatic carbocycles. The predicted molar refractivity (Wildman–Crippen MR) is 66.4 cm³/mol. The summed E-state index contributed by atoms with van der Waals surface area (Å²) in [6.45, 7) is 4.69. The molecule has 0 radical (unpaired) electrons. The van der Waals surface area contributed by atoms with Crippen LogP contribution in [0.5, 0.6) is 0 Å². The van der Waals surface area contributed by atoms with Crippen LogP contribution in [0.25, 0.3) is 0 Å². The van der Waals surface area contributed by atoms with Gasteiger partial charge >= 0.3 is 12.1 Å². The molecule has 0 bridgehead atoms. The van der Waals surface area contributed by atoms with Crippen molar-refractivity contribution in [1.82, 2.24) is 0 Å². The highest BCUT2D eigenvalue weighted by atomic mass is 35.5. The minimum Gasteiger partial charge on any atom is -0.466 e. The van der Waals surface area contributed by atoms with Gasteiger partial charge in [-0.15, -0.1) is 23.2 Å². The second kappa shape index (κ2) is 6.99. The van der Waals surface area contributed by atoms with Gasteiger partial charge in [0.05, 0.1) is 24.5 Å². The standard InChI is InChI=1S/C11H17Cl2F3O3/c1-4-19-6(17)5-10(2,3)8(12)7(18)9(13)11(14,15)16/h7-9,18H,4-5H2,1-3H3. The number of ether oxygens (including phenoxy) is 1. The molecule has 0 rings (SSSR count). The van der Waals surface area contributed by atoms with Crippen LogP contribution in [-0.2, 0) is 9.53 Å². The van der Waals surface area contributed by atoms with E-state index in [9.17, 15) is 23.1 Å². The molecule has 0 aliphatic rings. The van der Waals surface area contributed by atoms with Crippen molar-refractivity contribution in [3.63, 3.8) is 0 Å². The maximum atomic E-state index is 12.4. The van der Waals surface area contributed by atoms with E-state index in [4.69, 9.17) is 27.9 Å². The first-order valence-electron chi connectivity index (χ1n) is 5.62. The van der Waals surface area contributed by atoms with Gasteiger partial charge in [-0.1, -0.05) is 13.8 Å². The van der Waals surface area contributed by atoms with Crippen LogP contribution in [0, 0.1) is 5.41 Å². The SMILES string of the molecule is CCOC(=O)CC(C)(C)C(Cl)C(O)C(Cl)C(F)(F)F. The fraction of sp³-hybridized carbons (Fsp3) is 0.909. The van der Waals surface area contributed by atoms with E-state index in [-0.39, 0.29) is 13.0 Å². The van der Waals surface area contributed by atoms with E-state index in [2.05, 4.69) is 0 Å². The van der Waals surface area contributed by atoms with Crippen molar-refractivity contribution >= 4 is 29.2 Å². The molecular formula is C11H17Cl2F3O3. The molecule has 0 aromatic rings. The molecule has 3 atom stereocenters. The van der Waals surface area contributed by atoms with Crippen LogP contribution >= 0.6 is 23.2 Å². The van der Waals surface area contributed by atoms with E-state index < -0.39 is 34.4 Å². The minimum absolute atomic E-state index is 0.158. The molecule has 0 saturated carbocycles. The van der Waals surface area contributed by atoms with E-state index >= 15 is 0 Å². The molecule has 3 nitrogen and oxygen atoms in total. The Labute approximate surface area is 120 Å². The Morgan fingerprint density at radius 2 is 1.74 bits per heavy atom. The Balaban J connectivity index is 4.78. The van der Waals surface area contributed by atoms with E-state index in [1.54, 1.807) is 6.92 Å². The molecule has 19 heavy (non-hydrogen) atoms. The van der Waals surface area contributed by atoms with Crippen molar-refractivity contribution < 1.29 is 27.8 Å². The van der Waals surface area contributed by atoms with E-state index in [0.717, 1.165) is 0 Å². The van der Waals surface area contributed by atoms with Crippen molar-refractivity contribution in [3.05, 3.63) is 0 Å². The summed E-state index contributed by atoms with van der Waals surface area (Å²) in [6, 6.07) is 0. The van der Waals surface area contributed by atoms with Crippen molar-refractivity contribution in [3.8, 4) is 0 Å². The zero-order valence-corrected chi connectivity index (χ0v) is 12.3. The molecule has 0 heterocycles. The molecule has 3 unspecified atom stereocenters. The third-order valence-corrected chi connectivity index (χ3v) is 3.92. The fourth-order valence-electron chi connectivity index (χ4n) is 1.49. The van der Waals surface area contributed by atoms with Crippen molar-refractivity contribution in [2.75, 3.05) is 6.61 Å². The molecule has 0 aliphatic heterocycles. The average Bonchev–Trinajstić information content (AvgIpc) is 2.24. The van der Waals surface area contributed by atoms with Crippen molar-refractivity contribution in [2.45, 2.75) is 50.2 Å². The average molecular weight is 325 g/mol. The minimum atomic E-state index is -4.77. The molecule has 0 aromatic carbocycles. The monoisotopic (exact) mass is 324 g/mol. The van der Waals surface area contributed by atoms with Crippen LogP contribution in [0.4, 0.5) is 13.2 Å². The summed E-state index contributed by atoms with van der Waals surface area (Å²) < 4.78 is 41.9. The molecule has 0 spiro atoms. The van der Waals surface area contributed by atoms with Gasteiger partial charge in [0, 0.05) is 0 Å². The lowest BCUT2D eigenvalue weighted by molar-refractivity contribution is -0.153. The van der Waals surface area contributed by atoms with Crippen LogP contribution in [-0.4, -0.2) is 40.7 Å². The maximum Gasteiger partial charge on any atom is 0.407 e. The third-order valence-electron chi connectivity index (χ3n) is 2.56. The summed E-state index contributed by atoms with van der Waals surface area (Å²) in [7, 11) is 0. The largest absolute Gasteiger partial charge is 0.466 e. The van der Waals surface area contributed by atoms with Gasteiger partial charge in [0.1, 0.15) is 0 Å². The van der Waals surface area contributed by atoms with Crippen LogP contribution in [0.2, 0.25) is 0 Å². The summed E-state index contributed by atoms with van der Waals surface area (Å²) in [5.41, 5.74) is -1.09. The molecule has 0 aromatic heterocycles. The highest BCUT2D eigenvalue weighted by Gasteiger charge is 2.49. The smallest absolute Gasteiger partial charge is 0.407 e. The van der Waals surface area contributed by atoms with Crippen LogP contribution in [0.3, 0.4) is 0 Å². The Bertz CT molecular complexity index is 308. The lowest BCUT2D eigenvalue weighted by atomic mass is 9.82. The number of hydrogen-bond donors (Lipinski definition) is 1. The number of esters is 1. The van der Waals surface area contributed by atoms with Crippen molar-refractivity contribution in [2.24, 2.45) is 5.41 Å². The summed E-state index contributed by atoms with van der Waals surface area (Å²) >= 11 is 11.0. The zero-order chi connectivity index (χ0) is 15.4. The van der Waals surface area contributed by atoms with Crippen LogP contribution in [0.1, 0.15) is 27.2 Å². The molecule has 114 valence electrons. The number of aliphatic hydroxyl groups excluding tert-OH is 1. The first-order chi connectivity index (χ1) is 8.43. The second-order valence-corrected chi connectivity index (χ2v) is 5.75. The van der Waals surface area contributed by atoms with Gasteiger partial charge in [-0.2, -0.15) is 13.2 Å². The Morgan fingerprint density at radius 1 is 1.26 bits per heavy atom. The molecular weight excluding hydrogens is 308 g/mol. The molecule has 1 N–H and O–H groups in total. The summed E-state index contributed by atoms with van der Waals surface area (Å²) in [6.07, 6.45) is -7.01. The van der Waals surface area contributed by atoms with E-state index in [0.29, 0.717) is 0 Å². The first-order valence-corrected chi connectivity index (χ1v) is 6.49. The van der Waals surface area contributed by atoms with Crippen LogP contribution in [0.15, 0.2) is 0 Å². The van der Waals surface area contributed by atoms with Gasteiger partial charge in [0.2, 0.25) is 0 Å². The van der Waals surface area contributed by atoms with Gasteiger partial charge in [0.15, 0.2) is 5.38 Å². The van der Waals surface area contributed by atoms with E-state index in [1.807, 2.05) is 0 Å². The van der Waals surface area contributed by atoms with Gasteiger partial charge in [-0.3, -0.25) is 4.79 Å². The van der Waals surface area contributed by atoms with Gasteiger partial charge in [0.25, 0.3) is 0 Å². The number of halogens is 5. The lowest BCUT2D eigenvalue weighted by Crippen LogP contribution is -2.46. The third kappa shape index (κ3) is 5.75. The normalized spacial score (nSPS) is 17.7. The Kier molecular flexibility index (Phi) is 6.92. The van der Waals surface area contributed by atoms with Crippen molar-refractivity contribution in [1.29, 1.82) is 0 Å². The van der Waals surface area contributed by atoms with Gasteiger partial charge < -0.3 is 9.84 Å². The summed E-state index contributed by atoms with van der Waals surface area (Å²) in [5, 5.41) is 5.73.